The van der Waals surface area contributed by atoms with E-state index in [1.54, 1.807) is 14.2 Å². The van der Waals surface area contributed by atoms with E-state index in [4.69, 9.17) is 23.7 Å². The van der Waals surface area contributed by atoms with Gasteiger partial charge < -0.3 is 23.7 Å². The van der Waals surface area contributed by atoms with Crippen LogP contribution in [-0.4, -0.2) is 45.4 Å². The maximum atomic E-state index is 6.04. The average molecular weight is 280 g/mol. The van der Waals surface area contributed by atoms with Crippen molar-refractivity contribution < 1.29 is 23.7 Å². The first kappa shape index (κ1) is 14.0. The highest BCUT2D eigenvalue weighted by Crippen LogP contribution is 2.34. The Bertz CT molecular complexity index is 416. The first-order valence-electron chi connectivity index (χ1n) is 6.85. The molecule has 2 heterocycles. The van der Waals surface area contributed by atoms with Crippen LogP contribution in [-0.2, 0) is 23.7 Å². The van der Waals surface area contributed by atoms with E-state index in [9.17, 15) is 0 Å². The molecule has 0 saturated carbocycles. The molecule has 0 radical (unpaired) electrons. The second-order valence-corrected chi connectivity index (χ2v) is 5.03. The lowest BCUT2D eigenvalue weighted by atomic mass is 10.00. The molecule has 2 aliphatic heterocycles. The van der Waals surface area contributed by atoms with Crippen LogP contribution in [0.3, 0.4) is 0 Å². The molecule has 0 amide bonds. The lowest BCUT2D eigenvalue weighted by molar-refractivity contribution is -0.336. The van der Waals surface area contributed by atoms with Crippen LogP contribution in [0.15, 0.2) is 30.3 Å². The highest BCUT2D eigenvalue weighted by molar-refractivity contribution is 5.16. The van der Waals surface area contributed by atoms with Crippen LogP contribution in [0.5, 0.6) is 0 Å². The summed E-state index contributed by atoms with van der Waals surface area (Å²) in [6.07, 6.45) is -0.299. The van der Waals surface area contributed by atoms with E-state index < -0.39 is 0 Å². The Morgan fingerprint density at radius 1 is 1.05 bits per heavy atom. The normalized spacial score (nSPS) is 37.4. The molecule has 1 aromatic rings. The van der Waals surface area contributed by atoms with Gasteiger partial charge in [0.25, 0.3) is 0 Å². The Morgan fingerprint density at radius 3 is 2.55 bits per heavy atom. The molecule has 0 N–H and O–H groups in total. The number of methoxy groups -OCH3 is 2. The zero-order valence-corrected chi connectivity index (χ0v) is 11.7. The van der Waals surface area contributed by atoms with Gasteiger partial charge in [-0.25, -0.2) is 0 Å². The number of hydrogen-bond donors (Lipinski definition) is 0. The molecule has 5 nitrogen and oxygen atoms in total. The molecule has 2 aliphatic rings. The van der Waals surface area contributed by atoms with E-state index in [2.05, 4.69) is 0 Å². The molecule has 110 valence electrons. The van der Waals surface area contributed by atoms with Gasteiger partial charge in [-0.2, -0.15) is 0 Å². The first-order valence-corrected chi connectivity index (χ1v) is 6.85. The Kier molecular flexibility index (Phi) is 4.33. The van der Waals surface area contributed by atoms with E-state index in [1.165, 1.54) is 0 Å². The van der Waals surface area contributed by atoms with E-state index in [0.717, 1.165) is 5.56 Å². The van der Waals surface area contributed by atoms with Crippen LogP contribution < -0.4 is 0 Å². The summed E-state index contributed by atoms with van der Waals surface area (Å²) in [6, 6.07) is 9.91. The van der Waals surface area contributed by atoms with Gasteiger partial charge in [-0.1, -0.05) is 30.3 Å². The van der Waals surface area contributed by atoms with Crippen molar-refractivity contribution in [3.05, 3.63) is 35.9 Å². The molecule has 2 saturated heterocycles. The Hall–Kier alpha value is -0.980. The Morgan fingerprint density at radius 2 is 1.85 bits per heavy atom. The summed E-state index contributed by atoms with van der Waals surface area (Å²) >= 11 is 0. The van der Waals surface area contributed by atoms with Crippen molar-refractivity contribution in [2.24, 2.45) is 0 Å². The SMILES string of the molecule is CO[C@@H]1C[C@@H](OC)[C@H]2O[C@H](c3ccccc3)OC[C@@H]2O1. The highest BCUT2D eigenvalue weighted by atomic mass is 16.7. The van der Waals surface area contributed by atoms with Gasteiger partial charge in [0.15, 0.2) is 12.6 Å². The van der Waals surface area contributed by atoms with Gasteiger partial charge >= 0.3 is 0 Å². The average Bonchev–Trinajstić information content (AvgIpc) is 2.54. The van der Waals surface area contributed by atoms with Crippen LogP contribution >= 0.6 is 0 Å². The summed E-state index contributed by atoms with van der Waals surface area (Å²) in [5.74, 6) is 0. The number of ether oxygens (including phenoxy) is 5. The molecule has 0 aromatic heterocycles. The van der Waals surface area contributed by atoms with E-state index in [-0.39, 0.29) is 30.9 Å². The molecular weight excluding hydrogens is 260 g/mol. The van der Waals surface area contributed by atoms with E-state index in [0.29, 0.717) is 13.0 Å². The lowest BCUT2D eigenvalue weighted by Gasteiger charge is -2.45. The molecule has 0 spiro atoms. The van der Waals surface area contributed by atoms with Crippen molar-refractivity contribution >= 4 is 0 Å². The predicted molar refractivity (Wildman–Crippen MR) is 71.1 cm³/mol. The van der Waals surface area contributed by atoms with Crippen molar-refractivity contribution in [3.8, 4) is 0 Å². The predicted octanol–water partition coefficient (Wildman–Crippen LogP) is 1.88. The van der Waals surface area contributed by atoms with Crippen molar-refractivity contribution in [1.82, 2.24) is 0 Å². The highest BCUT2D eigenvalue weighted by Gasteiger charge is 2.44. The third-order valence-electron chi connectivity index (χ3n) is 3.81. The van der Waals surface area contributed by atoms with Crippen LogP contribution in [0.4, 0.5) is 0 Å². The molecule has 0 unspecified atom stereocenters. The number of benzene rings is 1. The standard InChI is InChI=1S/C15H20O5/c1-16-11-8-13(17-2)19-12-9-18-15(20-14(11)12)10-6-4-3-5-7-10/h3-7,11-15H,8-9H2,1-2H3/t11-,12+,13+,14-,15-/m1/s1. The summed E-state index contributed by atoms with van der Waals surface area (Å²) < 4.78 is 28.4. The minimum atomic E-state index is -0.363. The fourth-order valence-electron chi connectivity index (χ4n) is 2.73. The number of fused-ring (bicyclic) bond motifs is 1. The zero-order valence-electron chi connectivity index (χ0n) is 11.7. The third-order valence-corrected chi connectivity index (χ3v) is 3.81. The Balaban J connectivity index is 1.73. The number of rotatable bonds is 3. The molecule has 5 atom stereocenters. The van der Waals surface area contributed by atoms with Crippen LogP contribution in [0.1, 0.15) is 18.3 Å². The van der Waals surface area contributed by atoms with Gasteiger partial charge in [0.1, 0.15) is 12.2 Å². The molecule has 3 rings (SSSR count). The van der Waals surface area contributed by atoms with Crippen molar-refractivity contribution in [2.45, 2.75) is 37.3 Å². The van der Waals surface area contributed by atoms with Gasteiger partial charge in [-0.15, -0.1) is 0 Å². The van der Waals surface area contributed by atoms with E-state index >= 15 is 0 Å². The maximum Gasteiger partial charge on any atom is 0.184 e. The molecule has 2 fully saturated rings. The van der Waals surface area contributed by atoms with Crippen LogP contribution in [0.2, 0.25) is 0 Å². The smallest absolute Gasteiger partial charge is 0.184 e. The van der Waals surface area contributed by atoms with Gasteiger partial charge in [0.2, 0.25) is 0 Å². The van der Waals surface area contributed by atoms with Gasteiger partial charge in [0.05, 0.1) is 12.7 Å². The summed E-state index contributed by atoms with van der Waals surface area (Å²) in [4.78, 5) is 0. The summed E-state index contributed by atoms with van der Waals surface area (Å²) in [7, 11) is 3.32. The second-order valence-electron chi connectivity index (χ2n) is 5.03. The molecule has 20 heavy (non-hydrogen) atoms. The molecule has 1 aromatic carbocycles. The molecule has 0 bridgehead atoms. The van der Waals surface area contributed by atoms with Crippen molar-refractivity contribution in [3.63, 3.8) is 0 Å². The van der Waals surface area contributed by atoms with Gasteiger partial charge in [-0.3, -0.25) is 0 Å². The summed E-state index contributed by atoms with van der Waals surface area (Å²) in [5.41, 5.74) is 1.01. The largest absolute Gasteiger partial charge is 0.378 e. The lowest BCUT2D eigenvalue weighted by Crippen LogP contribution is -2.55. The van der Waals surface area contributed by atoms with Crippen LogP contribution in [0, 0.1) is 0 Å². The van der Waals surface area contributed by atoms with Crippen LogP contribution in [0.25, 0.3) is 0 Å². The monoisotopic (exact) mass is 280 g/mol. The third kappa shape index (κ3) is 2.73. The minimum absolute atomic E-state index is 0.0474. The fourth-order valence-corrected chi connectivity index (χ4v) is 2.73. The quantitative estimate of drug-likeness (QED) is 0.846. The van der Waals surface area contributed by atoms with Gasteiger partial charge in [0, 0.05) is 26.2 Å². The van der Waals surface area contributed by atoms with Crippen molar-refractivity contribution in [2.75, 3.05) is 20.8 Å². The number of hydrogen-bond acceptors (Lipinski definition) is 5. The topological polar surface area (TPSA) is 46.2 Å². The summed E-state index contributed by atoms with van der Waals surface area (Å²) in [6.45, 7) is 0.476. The maximum absolute atomic E-state index is 6.04. The minimum Gasteiger partial charge on any atom is -0.378 e. The second kappa shape index (κ2) is 6.20. The van der Waals surface area contributed by atoms with Crippen molar-refractivity contribution in [1.29, 1.82) is 0 Å². The Labute approximate surface area is 118 Å². The summed E-state index contributed by atoms with van der Waals surface area (Å²) in [5, 5.41) is 0. The van der Waals surface area contributed by atoms with E-state index in [1.807, 2.05) is 30.3 Å². The fraction of sp³-hybridized carbons (Fsp3) is 0.600. The molecule has 5 heteroatoms. The molecule has 0 aliphatic carbocycles. The molecular formula is C15H20O5. The van der Waals surface area contributed by atoms with Gasteiger partial charge in [-0.05, 0) is 0 Å². The zero-order chi connectivity index (χ0) is 13.9. The first-order chi connectivity index (χ1) is 9.81.